The zero-order valence-corrected chi connectivity index (χ0v) is 18.9. The van der Waals surface area contributed by atoms with E-state index in [1.54, 1.807) is 7.11 Å². The smallest absolute Gasteiger partial charge is 0.237 e. The molecule has 164 valence electrons. The molecule has 0 unspecified atom stereocenters. The van der Waals surface area contributed by atoms with Crippen LogP contribution in [0.15, 0.2) is 30.3 Å². The van der Waals surface area contributed by atoms with Crippen molar-refractivity contribution in [1.29, 1.82) is 0 Å². The molecule has 1 aliphatic rings. The fourth-order valence-electron chi connectivity index (χ4n) is 3.79. The van der Waals surface area contributed by atoms with Crippen LogP contribution in [-0.2, 0) is 16.1 Å². The second kappa shape index (κ2) is 10.8. The van der Waals surface area contributed by atoms with E-state index < -0.39 is 0 Å². The lowest BCUT2D eigenvalue weighted by Gasteiger charge is -2.35. The van der Waals surface area contributed by atoms with Gasteiger partial charge in [-0.3, -0.25) is 4.79 Å². The van der Waals surface area contributed by atoms with E-state index in [0.29, 0.717) is 19.7 Å². The summed E-state index contributed by atoms with van der Waals surface area (Å²) in [6, 6.07) is 10.2. The van der Waals surface area contributed by atoms with Crippen LogP contribution in [0.3, 0.4) is 0 Å². The second-order valence-corrected chi connectivity index (χ2v) is 7.99. The molecule has 0 N–H and O–H groups in total. The summed E-state index contributed by atoms with van der Waals surface area (Å²) in [7, 11) is 3.82. The highest BCUT2D eigenvalue weighted by molar-refractivity contribution is 6.27. The van der Waals surface area contributed by atoms with Crippen molar-refractivity contribution in [2.45, 2.75) is 19.9 Å². The molecule has 1 aliphatic heterocycles. The number of rotatable bonds is 9. The van der Waals surface area contributed by atoms with Crippen LogP contribution in [0.25, 0.3) is 5.69 Å². The van der Waals surface area contributed by atoms with Gasteiger partial charge in [0.2, 0.25) is 5.91 Å². The Morgan fingerprint density at radius 1 is 1.20 bits per heavy atom. The molecule has 2 aromatic rings. The number of alkyl halides is 1. The summed E-state index contributed by atoms with van der Waals surface area (Å²) in [6.07, 6.45) is 0.773. The lowest BCUT2D eigenvalue weighted by molar-refractivity contribution is -0.129. The third-order valence-electron chi connectivity index (χ3n) is 5.55. The molecular formula is C22H32ClN5O2. The summed E-state index contributed by atoms with van der Waals surface area (Å²) in [5.41, 5.74) is 3.04. The second-order valence-electron chi connectivity index (χ2n) is 7.72. The first kappa shape index (κ1) is 22.6. The fourth-order valence-corrected chi connectivity index (χ4v) is 3.96. The van der Waals surface area contributed by atoms with E-state index in [1.807, 2.05) is 34.7 Å². The predicted octanol–water partition coefficient (Wildman–Crippen LogP) is 2.54. The van der Waals surface area contributed by atoms with E-state index in [-0.39, 0.29) is 11.8 Å². The van der Waals surface area contributed by atoms with Crippen LogP contribution in [0.2, 0.25) is 0 Å². The molecule has 0 spiro atoms. The van der Waals surface area contributed by atoms with Gasteiger partial charge in [0.15, 0.2) is 0 Å². The number of anilines is 1. The molecule has 0 atom stereocenters. The quantitative estimate of drug-likeness (QED) is 0.449. The molecule has 1 amide bonds. The molecule has 3 rings (SSSR count). The monoisotopic (exact) mass is 433 g/mol. The number of hydrogen-bond donors (Lipinski definition) is 0. The molecule has 30 heavy (non-hydrogen) atoms. The number of aromatic nitrogens is 2. The van der Waals surface area contributed by atoms with E-state index in [1.165, 1.54) is 0 Å². The summed E-state index contributed by atoms with van der Waals surface area (Å²) in [4.78, 5) is 19.1. The topological polar surface area (TPSA) is 53.8 Å². The van der Waals surface area contributed by atoms with Gasteiger partial charge in [-0.1, -0.05) is 18.2 Å². The van der Waals surface area contributed by atoms with Gasteiger partial charge < -0.3 is 19.4 Å². The van der Waals surface area contributed by atoms with Gasteiger partial charge in [0.05, 0.1) is 17.9 Å². The van der Waals surface area contributed by atoms with Crippen LogP contribution in [0.5, 0.6) is 0 Å². The Bertz CT molecular complexity index is 818. The third kappa shape index (κ3) is 5.33. The molecule has 0 radical (unpaired) electrons. The number of para-hydroxylation sites is 1. The number of halogens is 1. The van der Waals surface area contributed by atoms with Crippen molar-refractivity contribution in [1.82, 2.24) is 19.6 Å². The maximum absolute atomic E-state index is 12.5. The first-order chi connectivity index (χ1) is 14.5. The predicted molar refractivity (Wildman–Crippen MR) is 121 cm³/mol. The molecular weight excluding hydrogens is 402 g/mol. The molecule has 0 saturated carbocycles. The van der Waals surface area contributed by atoms with Crippen LogP contribution in [0.4, 0.5) is 5.82 Å². The van der Waals surface area contributed by atoms with Gasteiger partial charge in [-0.25, -0.2) is 4.68 Å². The Hall–Kier alpha value is -2.09. The standard InChI is InChI=1S/C22H32ClN5O2/c1-18-20(17-27(21(29)16-23)10-7-15-30-3)22(26-13-11-25(2)12-14-26)28(24-18)19-8-5-4-6-9-19/h4-6,8-9H,7,10-17H2,1-3H3. The van der Waals surface area contributed by atoms with Gasteiger partial charge in [0, 0.05) is 52.0 Å². The third-order valence-corrected chi connectivity index (χ3v) is 5.78. The molecule has 1 fully saturated rings. The minimum absolute atomic E-state index is 0.0251. The van der Waals surface area contributed by atoms with E-state index in [9.17, 15) is 4.79 Å². The number of hydrogen-bond acceptors (Lipinski definition) is 5. The number of methoxy groups -OCH3 is 1. The van der Waals surface area contributed by atoms with Crippen LogP contribution < -0.4 is 4.90 Å². The molecule has 1 aromatic carbocycles. The number of likely N-dealkylation sites (N-methyl/N-ethyl adjacent to an activating group) is 1. The maximum atomic E-state index is 12.5. The number of nitrogens with zero attached hydrogens (tertiary/aromatic N) is 5. The van der Waals surface area contributed by atoms with Crippen LogP contribution >= 0.6 is 11.6 Å². The highest BCUT2D eigenvalue weighted by Gasteiger charge is 2.26. The molecule has 1 saturated heterocycles. The normalized spacial score (nSPS) is 14.9. The van der Waals surface area contributed by atoms with Gasteiger partial charge in [0.1, 0.15) is 11.7 Å². The number of ether oxygens (including phenoxy) is 1. The van der Waals surface area contributed by atoms with Crippen LogP contribution in [0, 0.1) is 6.92 Å². The number of piperazine rings is 1. The van der Waals surface area contributed by atoms with Crippen LogP contribution in [-0.4, -0.2) is 84.9 Å². The summed E-state index contributed by atoms with van der Waals surface area (Å²) >= 11 is 5.91. The lowest BCUT2D eigenvalue weighted by Crippen LogP contribution is -2.45. The van der Waals surface area contributed by atoms with E-state index in [2.05, 4.69) is 29.0 Å². The number of aryl methyl sites for hydroxylation is 1. The average molecular weight is 434 g/mol. The summed E-state index contributed by atoms with van der Waals surface area (Å²) in [6.45, 7) is 7.58. The molecule has 1 aromatic heterocycles. The van der Waals surface area contributed by atoms with E-state index >= 15 is 0 Å². The summed E-state index contributed by atoms with van der Waals surface area (Å²) in [5, 5.41) is 4.88. The number of benzene rings is 1. The van der Waals surface area contributed by atoms with Crippen molar-refractivity contribution >= 4 is 23.3 Å². The minimum Gasteiger partial charge on any atom is -0.385 e. The van der Waals surface area contributed by atoms with Crippen LogP contribution in [0.1, 0.15) is 17.7 Å². The van der Waals surface area contributed by atoms with Crippen molar-refractivity contribution < 1.29 is 9.53 Å². The van der Waals surface area contributed by atoms with Crippen molar-refractivity contribution in [3.63, 3.8) is 0 Å². The fraction of sp³-hybridized carbons (Fsp3) is 0.545. The molecule has 0 bridgehead atoms. The zero-order valence-electron chi connectivity index (χ0n) is 18.2. The Morgan fingerprint density at radius 3 is 2.53 bits per heavy atom. The minimum atomic E-state index is -0.0658. The van der Waals surface area contributed by atoms with Gasteiger partial charge in [-0.15, -0.1) is 11.6 Å². The van der Waals surface area contributed by atoms with Gasteiger partial charge in [-0.05, 0) is 32.5 Å². The maximum Gasteiger partial charge on any atom is 0.237 e. The van der Waals surface area contributed by atoms with Crippen molar-refractivity contribution in [2.75, 3.05) is 64.3 Å². The number of carbonyl (C=O) groups is 1. The van der Waals surface area contributed by atoms with Crippen molar-refractivity contribution in [3.8, 4) is 5.69 Å². The van der Waals surface area contributed by atoms with Crippen molar-refractivity contribution in [3.05, 3.63) is 41.6 Å². The molecule has 2 heterocycles. The zero-order chi connectivity index (χ0) is 21.5. The molecule has 0 aliphatic carbocycles. The number of amides is 1. The Balaban J connectivity index is 1.97. The first-order valence-corrected chi connectivity index (χ1v) is 11.0. The Morgan fingerprint density at radius 2 is 1.90 bits per heavy atom. The van der Waals surface area contributed by atoms with E-state index in [4.69, 9.17) is 21.4 Å². The summed E-state index contributed by atoms with van der Waals surface area (Å²) < 4.78 is 7.19. The van der Waals surface area contributed by atoms with Gasteiger partial charge >= 0.3 is 0 Å². The largest absolute Gasteiger partial charge is 0.385 e. The molecule has 7 nitrogen and oxygen atoms in total. The number of carbonyl (C=O) groups excluding carboxylic acids is 1. The Labute approximate surface area is 184 Å². The highest BCUT2D eigenvalue weighted by atomic mass is 35.5. The average Bonchev–Trinajstić information content (AvgIpc) is 3.09. The van der Waals surface area contributed by atoms with Crippen molar-refractivity contribution in [2.24, 2.45) is 0 Å². The SMILES string of the molecule is COCCCN(Cc1c(C)nn(-c2ccccc2)c1N1CCN(C)CC1)C(=O)CCl. The van der Waals surface area contributed by atoms with Gasteiger partial charge in [0.25, 0.3) is 0 Å². The summed E-state index contributed by atoms with van der Waals surface area (Å²) in [5.74, 6) is 0.984. The first-order valence-electron chi connectivity index (χ1n) is 10.4. The highest BCUT2D eigenvalue weighted by Crippen LogP contribution is 2.29. The van der Waals surface area contributed by atoms with Gasteiger partial charge in [-0.2, -0.15) is 5.10 Å². The lowest BCUT2D eigenvalue weighted by atomic mass is 10.2. The van der Waals surface area contributed by atoms with E-state index in [0.717, 1.165) is 55.4 Å². The molecule has 8 heteroatoms. The Kier molecular flexibility index (Phi) is 8.13.